The Kier molecular flexibility index (Phi) is 4.31. The van der Waals surface area contributed by atoms with Crippen molar-refractivity contribution in [2.75, 3.05) is 32.0 Å². The maximum absolute atomic E-state index is 11.6. The molecule has 1 heterocycles. The smallest absolute Gasteiger partial charge is 0.215 e. The number of rotatable bonds is 4. The average molecular weight is 222 g/mol. The molecule has 14 heavy (non-hydrogen) atoms. The van der Waals surface area contributed by atoms with Crippen molar-refractivity contribution < 1.29 is 13.2 Å². The molecule has 1 rings (SSSR count). The van der Waals surface area contributed by atoms with Gasteiger partial charge in [0.25, 0.3) is 0 Å². The molecule has 1 atom stereocenters. The van der Waals surface area contributed by atoms with Gasteiger partial charge in [-0.25, -0.2) is 8.42 Å². The van der Waals surface area contributed by atoms with Crippen molar-refractivity contribution in [3.63, 3.8) is 0 Å². The summed E-state index contributed by atoms with van der Waals surface area (Å²) >= 11 is 0. The van der Waals surface area contributed by atoms with Crippen LogP contribution in [0.1, 0.15) is 13.3 Å². The second-order valence-electron chi connectivity index (χ2n) is 3.36. The van der Waals surface area contributed by atoms with E-state index in [1.54, 1.807) is 0 Å². The minimum absolute atomic E-state index is 0.0312. The zero-order valence-electron chi connectivity index (χ0n) is 8.48. The number of nitrogens with zero attached hydrogens (tertiary/aromatic N) is 1. The van der Waals surface area contributed by atoms with E-state index in [1.807, 2.05) is 6.92 Å². The van der Waals surface area contributed by atoms with Crippen LogP contribution in [0.4, 0.5) is 0 Å². The molecule has 84 valence electrons. The Bertz CT molecular complexity index is 266. The minimum atomic E-state index is -3.15. The summed E-state index contributed by atoms with van der Waals surface area (Å²) in [6.45, 7) is 3.58. The minimum Gasteiger partial charge on any atom is -0.375 e. The normalized spacial score (nSPS) is 25.1. The molecular formula is C8H18N2O3S. The lowest BCUT2D eigenvalue weighted by Gasteiger charge is -2.31. The molecule has 0 spiro atoms. The van der Waals surface area contributed by atoms with Crippen molar-refractivity contribution in [3.8, 4) is 0 Å². The van der Waals surface area contributed by atoms with E-state index in [0.717, 1.165) is 6.42 Å². The van der Waals surface area contributed by atoms with Gasteiger partial charge in [-0.2, -0.15) is 4.31 Å². The first-order valence-corrected chi connectivity index (χ1v) is 6.50. The third kappa shape index (κ3) is 2.91. The molecule has 1 aliphatic heterocycles. The van der Waals surface area contributed by atoms with E-state index >= 15 is 0 Å². The van der Waals surface area contributed by atoms with E-state index in [4.69, 9.17) is 10.5 Å². The summed E-state index contributed by atoms with van der Waals surface area (Å²) in [5, 5.41) is 0. The summed E-state index contributed by atoms with van der Waals surface area (Å²) < 4.78 is 30.2. The van der Waals surface area contributed by atoms with Crippen molar-refractivity contribution >= 4 is 10.0 Å². The van der Waals surface area contributed by atoms with Crippen molar-refractivity contribution in [3.05, 3.63) is 0 Å². The summed E-state index contributed by atoms with van der Waals surface area (Å²) in [4.78, 5) is 0. The number of sulfonamides is 1. The van der Waals surface area contributed by atoms with Gasteiger partial charge in [0, 0.05) is 19.6 Å². The van der Waals surface area contributed by atoms with Gasteiger partial charge in [0.2, 0.25) is 10.0 Å². The van der Waals surface area contributed by atoms with Crippen LogP contribution in [0.15, 0.2) is 0 Å². The lowest BCUT2D eigenvalue weighted by atomic mass is 10.2. The first-order chi connectivity index (χ1) is 6.60. The van der Waals surface area contributed by atoms with Crippen molar-refractivity contribution in [2.45, 2.75) is 19.4 Å². The van der Waals surface area contributed by atoms with Gasteiger partial charge < -0.3 is 10.5 Å². The standard InChI is InChI=1S/C8H18N2O3S/c1-2-8-7-10(4-5-13-8)14(11,12)6-3-9/h8H,2-7,9H2,1H3. The third-order valence-corrected chi connectivity index (χ3v) is 4.20. The Hall–Kier alpha value is -0.170. The lowest BCUT2D eigenvalue weighted by molar-refractivity contribution is -0.00274. The number of hydrogen-bond donors (Lipinski definition) is 1. The molecule has 0 aliphatic carbocycles. The van der Waals surface area contributed by atoms with Gasteiger partial charge in [-0.15, -0.1) is 0 Å². The Balaban J connectivity index is 2.59. The van der Waals surface area contributed by atoms with Gasteiger partial charge in [0.1, 0.15) is 0 Å². The van der Waals surface area contributed by atoms with Crippen molar-refractivity contribution in [1.29, 1.82) is 0 Å². The molecule has 0 amide bonds. The summed E-state index contributed by atoms with van der Waals surface area (Å²) in [5.41, 5.74) is 5.25. The fourth-order valence-corrected chi connectivity index (χ4v) is 2.77. The van der Waals surface area contributed by atoms with Crippen LogP contribution in [0.3, 0.4) is 0 Å². The summed E-state index contributed by atoms with van der Waals surface area (Å²) in [7, 11) is -3.15. The Morgan fingerprint density at radius 2 is 2.29 bits per heavy atom. The zero-order chi connectivity index (χ0) is 10.6. The van der Waals surface area contributed by atoms with E-state index in [-0.39, 0.29) is 18.4 Å². The molecule has 0 radical (unpaired) electrons. The summed E-state index contributed by atoms with van der Waals surface area (Å²) in [6, 6.07) is 0. The molecule has 1 saturated heterocycles. The molecule has 6 heteroatoms. The summed E-state index contributed by atoms with van der Waals surface area (Å²) in [6.07, 6.45) is 0.880. The van der Waals surface area contributed by atoms with Crippen LogP contribution in [-0.4, -0.2) is 50.8 Å². The predicted molar refractivity (Wildman–Crippen MR) is 54.4 cm³/mol. The van der Waals surface area contributed by atoms with Gasteiger partial charge in [0.05, 0.1) is 18.5 Å². The first kappa shape index (κ1) is 11.9. The number of hydrogen-bond acceptors (Lipinski definition) is 4. The fourth-order valence-electron chi connectivity index (χ4n) is 1.47. The van der Waals surface area contributed by atoms with Gasteiger partial charge in [-0.05, 0) is 6.42 Å². The van der Waals surface area contributed by atoms with Gasteiger partial charge >= 0.3 is 0 Å². The van der Waals surface area contributed by atoms with Crippen LogP contribution >= 0.6 is 0 Å². The van der Waals surface area contributed by atoms with Crippen LogP contribution in [0.25, 0.3) is 0 Å². The Morgan fingerprint density at radius 1 is 1.57 bits per heavy atom. The van der Waals surface area contributed by atoms with Crippen LogP contribution < -0.4 is 5.73 Å². The van der Waals surface area contributed by atoms with Crippen LogP contribution in [0, 0.1) is 0 Å². The van der Waals surface area contributed by atoms with Crippen molar-refractivity contribution in [2.24, 2.45) is 5.73 Å². The second-order valence-corrected chi connectivity index (χ2v) is 5.45. The predicted octanol–water partition coefficient (Wildman–Crippen LogP) is -0.614. The highest BCUT2D eigenvalue weighted by Crippen LogP contribution is 2.12. The maximum Gasteiger partial charge on any atom is 0.215 e. The molecule has 0 aromatic rings. The highest BCUT2D eigenvalue weighted by atomic mass is 32.2. The van der Waals surface area contributed by atoms with Crippen molar-refractivity contribution in [1.82, 2.24) is 4.31 Å². The molecule has 5 nitrogen and oxygen atoms in total. The largest absolute Gasteiger partial charge is 0.375 e. The maximum atomic E-state index is 11.6. The highest BCUT2D eigenvalue weighted by molar-refractivity contribution is 7.89. The van der Waals surface area contributed by atoms with Crippen LogP contribution in [0.5, 0.6) is 0 Å². The Morgan fingerprint density at radius 3 is 2.86 bits per heavy atom. The molecule has 2 N–H and O–H groups in total. The molecule has 0 saturated carbocycles. The number of ether oxygens (including phenoxy) is 1. The average Bonchev–Trinajstić information content (AvgIpc) is 2.18. The topological polar surface area (TPSA) is 72.6 Å². The number of morpholine rings is 1. The lowest BCUT2D eigenvalue weighted by Crippen LogP contribution is -2.46. The second kappa shape index (κ2) is 5.06. The van der Waals surface area contributed by atoms with E-state index in [1.165, 1.54) is 4.31 Å². The molecule has 0 aromatic heterocycles. The van der Waals surface area contributed by atoms with Crippen LogP contribution in [0.2, 0.25) is 0 Å². The molecule has 1 unspecified atom stereocenters. The quantitative estimate of drug-likeness (QED) is 0.688. The van der Waals surface area contributed by atoms with Gasteiger partial charge in [-0.1, -0.05) is 6.92 Å². The SMILES string of the molecule is CCC1CN(S(=O)(=O)CCN)CCO1. The van der Waals surface area contributed by atoms with E-state index in [0.29, 0.717) is 19.7 Å². The molecular weight excluding hydrogens is 204 g/mol. The fraction of sp³-hybridized carbons (Fsp3) is 1.00. The summed E-state index contributed by atoms with van der Waals surface area (Å²) in [5.74, 6) is 0.0312. The number of nitrogens with two attached hydrogens (primary N) is 1. The molecule has 0 bridgehead atoms. The van der Waals surface area contributed by atoms with Crippen LogP contribution in [-0.2, 0) is 14.8 Å². The van der Waals surface area contributed by atoms with E-state index in [9.17, 15) is 8.42 Å². The van der Waals surface area contributed by atoms with E-state index in [2.05, 4.69) is 0 Å². The highest BCUT2D eigenvalue weighted by Gasteiger charge is 2.27. The van der Waals surface area contributed by atoms with Gasteiger partial charge in [-0.3, -0.25) is 0 Å². The molecule has 1 aliphatic rings. The van der Waals surface area contributed by atoms with E-state index < -0.39 is 10.0 Å². The monoisotopic (exact) mass is 222 g/mol. The first-order valence-electron chi connectivity index (χ1n) is 4.89. The third-order valence-electron chi connectivity index (χ3n) is 2.33. The zero-order valence-corrected chi connectivity index (χ0v) is 9.29. The van der Waals surface area contributed by atoms with Gasteiger partial charge in [0.15, 0.2) is 0 Å². The molecule has 1 fully saturated rings. The Labute approximate surface area is 85.3 Å². The molecule has 0 aromatic carbocycles.